The third-order valence-electron chi connectivity index (χ3n) is 5.35. The summed E-state index contributed by atoms with van der Waals surface area (Å²) >= 11 is 0. The number of aromatic amines is 1. The number of aromatic nitrogens is 3. The molecule has 3 N–H and O–H groups in total. The summed E-state index contributed by atoms with van der Waals surface area (Å²) in [7, 11) is 0. The van der Waals surface area contributed by atoms with Crippen LogP contribution < -0.4 is 5.32 Å². The first kappa shape index (κ1) is 17.9. The van der Waals surface area contributed by atoms with Crippen LogP contribution in [0.4, 0.5) is 4.39 Å². The SMILES string of the molecule is Cc1[nH]nc2nc(-c3ccc(O)cc3F)cc(CN3CCNCC3(C)C)c12. The highest BCUT2D eigenvalue weighted by atomic mass is 19.1. The monoisotopic (exact) mass is 369 g/mol. The number of aryl methyl sites for hydroxylation is 1. The highest BCUT2D eigenvalue weighted by molar-refractivity contribution is 5.84. The highest BCUT2D eigenvalue weighted by Crippen LogP contribution is 2.31. The molecule has 0 atom stereocenters. The first-order valence-corrected chi connectivity index (χ1v) is 9.14. The predicted octanol–water partition coefficient (Wildman–Crippen LogP) is 2.96. The number of piperazine rings is 1. The van der Waals surface area contributed by atoms with Crippen molar-refractivity contribution in [1.82, 2.24) is 25.4 Å². The molecule has 0 radical (unpaired) electrons. The van der Waals surface area contributed by atoms with Crippen LogP contribution in [0.25, 0.3) is 22.3 Å². The first-order valence-electron chi connectivity index (χ1n) is 9.14. The van der Waals surface area contributed by atoms with Gasteiger partial charge in [-0.05, 0) is 44.5 Å². The molecule has 1 aliphatic rings. The van der Waals surface area contributed by atoms with E-state index in [0.717, 1.165) is 48.9 Å². The zero-order valence-electron chi connectivity index (χ0n) is 15.8. The van der Waals surface area contributed by atoms with E-state index in [1.165, 1.54) is 6.07 Å². The second kappa shape index (κ2) is 6.58. The number of nitrogens with one attached hydrogen (secondary N) is 2. The number of rotatable bonds is 3. The smallest absolute Gasteiger partial charge is 0.182 e. The molecule has 2 aromatic heterocycles. The summed E-state index contributed by atoms with van der Waals surface area (Å²) in [5.41, 5.74) is 3.52. The van der Waals surface area contributed by atoms with Crippen molar-refractivity contribution in [1.29, 1.82) is 0 Å². The number of nitrogens with zero attached hydrogens (tertiary/aromatic N) is 3. The lowest BCUT2D eigenvalue weighted by atomic mass is 9.97. The number of H-pyrrole nitrogens is 1. The summed E-state index contributed by atoms with van der Waals surface area (Å²) in [6.07, 6.45) is 0. The van der Waals surface area contributed by atoms with Gasteiger partial charge in [-0.15, -0.1) is 0 Å². The van der Waals surface area contributed by atoms with E-state index >= 15 is 0 Å². The van der Waals surface area contributed by atoms with Crippen molar-refractivity contribution in [3.05, 3.63) is 41.3 Å². The van der Waals surface area contributed by atoms with Crippen molar-refractivity contribution in [3.63, 3.8) is 0 Å². The molecule has 0 unspecified atom stereocenters. The number of hydrogen-bond donors (Lipinski definition) is 3. The van der Waals surface area contributed by atoms with E-state index in [-0.39, 0.29) is 11.3 Å². The normalized spacial score (nSPS) is 17.5. The standard InChI is InChI=1S/C20H24FN5O/c1-12-18-13(10-26-7-6-22-11-20(26,2)3)8-17(23-19(18)25-24-12)15-5-4-14(27)9-16(15)21/h4-5,8-9,22,27H,6-7,10-11H2,1-3H3,(H,23,24,25). The van der Waals surface area contributed by atoms with Gasteiger partial charge < -0.3 is 10.4 Å². The molecular formula is C20H24FN5O. The van der Waals surface area contributed by atoms with Crippen LogP contribution in [-0.4, -0.2) is 50.4 Å². The van der Waals surface area contributed by atoms with E-state index in [1.54, 1.807) is 6.07 Å². The number of hydrogen-bond acceptors (Lipinski definition) is 5. The van der Waals surface area contributed by atoms with Gasteiger partial charge in [0.2, 0.25) is 0 Å². The summed E-state index contributed by atoms with van der Waals surface area (Å²) in [6, 6.07) is 6.07. The number of pyridine rings is 1. The van der Waals surface area contributed by atoms with Crippen molar-refractivity contribution in [2.75, 3.05) is 19.6 Å². The third kappa shape index (κ3) is 3.28. The van der Waals surface area contributed by atoms with Gasteiger partial charge >= 0.3 is 0 Å². The van der Waals surface area contributed by atoms with E-state index in [1.807, 2.05) is 13.0 Å². The van der Waals surface area contributed by atoms with Gasteiger partial charge in [0.05, 0.1) is 5.69 Å². The number of halogens is 1. The molecule has 7 heteroatoms. The van der Waals surface area contributed by atoms with Crippen LogP contribution in [-0.2, 0) is 6.54 Å². The van der Waals surface area contributed by atoms with E-state index in [0.29, 0.717) is 16.9 Å². The fraction of sp³-hybridized carbons (Fsp3) is 0.400. The number of fused-ring (bicyclic) bond motifs is 1. The minimum Gasteiger partial charge on any atom is -0.508 e. The van der Waals surface area contributed by atoms with Crippen molar-refractivity contribution >= 4 is 11.0 Å². The largest absolute Gasteiger partial charge is 0.508 e. The molecule has 3 aromatic rings. The Hall–Kier alpha value is -2.51. The Morgan fingerprint density at radius 1 is 1.30 bits per heavy atom. The predicted molar refractivity (Wildman–Crippen MR) is 103 cm³/mol. The van der Waals surface area contributed by atoms with Crippen molar-refractivity contribution < 1.29 is 9.50 Å². The van der Waals surface area contributed by atoms with Crippen molar-refractivity contribution in [3.8, 4) is 17.0 Å². The molecule has 3 heterocycles. The Morgan fingerprint density at radius 3 is 2.85 bits per heavy atom. The lowest BCUT2D eigenvalue weighted by Gasteiger charge is -2.43. The molecule has 0 saturated carbocycles. The van der Waals surface area contributed by atoms with Crippen LogP contribution >= 0.6 is 0 Å². The Bertz CT molecular complexity index is 997. The minimum atomic E-state index is -0.498. The summed E-state index contributed by atoms with van der Waals surface area (Å²) < 4.78 is 14.4. The molecule has 1 fully saturated rings. The minimum absolute atomic E-state index is 0.0232. The molecule has 4 rings (SSSR count). The maximum atomic E-state index is 14.4. The van der Waals surface area contributed by atoms with Gasteiger partial charge in [-0.25, -0.2) is 9.37 Å². The first-order chi connectivity index (χ1) is 12.8. The van der Waals surface area contributed by atoms with Crippen LogP contribution in [0.5, 0.6) is 5.75 Å². The Labute approximate surface area is 157 Å². The maximum Gasteiger partial charge on any atom is 0.182 e. The fourth-order valence-corrected chi connectivity index (χ4v) is 3.76. The summed E-state index contributed by atoms with van der Waals surface area (Å²) in [4.78, 5) is 6.98. The van der Waals surface area contributed by atoms with E-state index in [9.17, 15) is 9.50 Å². The molecule has 0 aliphatic carbocycles. The molecule has 0 spiro atoms. The van der Waals surface area contributed by atoms with Crippen molar-refractivity contribution in [2.45, 2.75) is 32.9 Å². The second-order valence-corrected chi connectivity index (χ2v) is 7.79. The van der Waals surface area contributed by atoms with Gasteiger partial charge in [0.25, 0.3) is 0 Å². The molecule has 1 aromatic carbocycles. The average Bonchev–Trinajstić information content (AvgIpc) is 2.98. The van der Waals surface area contributed by atoms with Gasteiger partial charge in [0.15, 0.2) is 5.65 Å². The third-order valence-corrected chi connectivity index (χ3v) is 5.35. The molecule has 27 heavy (non-hydrogen) atoms. The zero-order chi connectivity index (χ0) is 19.2. The van der Waals surface area contributed by atoms with Gasteiger partial charge in [0, 0.05) is 54.4 Å². The molecule has 1 saturated heterocycles. The summed E-state index contributed by atoms with van der Waals surface area (Å²) in [5.74, 6) is -0.599. The average molecular weight is 369 g/mol. The van der Waals surface area contributed by atoms with Crippen LogP contribution in [0, 0.1) is 12.7 Å². The Kier molecular flexibility index (Phi) is 4.36. The zero-order valence-corrected chi connectivity index (χ0v) is 15.8. The van der Waals surface area contributed by atoms with Crippen LogP contribution in [0.2, 0.25) is 0 Å². The molecular weight excluding hydrogens is 345 g/mol. The lowest BCUT2D eigenvalue weighted by molar-refractivity contribution is 0.0832. The number of phenolic OH excluding ortho intramolecular Hbond substituents is 1. The van der Waals surface area contributed by atoms with Crippen LogP contribution in [0.1, 0.15) is 25.1 Å². The molecule has 1 aliphatic heterocycles. The van der Waals surface area contributed by atoms with Crippen LogP contribution in [0.3, 0.4) is 0 Å². The van der Waals surface area contributed by atoms with Gasteiger partial charge in [-0.3, -0.25) is 10.00 Å². The van der Waals surface area contributed by atoms with Gasteiger partial charge in [0.1, 0.15) is 11.6 Å². The molecule has 6 nitrogen and oxygen atoms in total. The quantitative estimate of drug-likeness (QED) is 0.662. The maximum absolute atomic E-state index is 14.4. The van der Waals surface area contributed by atoms with Gasteiger partial charge in [-0.2, -0.15) is 5.10 Å². The summed E-state index contributed by atoms with van der Waals surface area (Å²) in [6.45, 7) is 9.97. The molecule has 0 bridgehead atoms. The topological polar surface area (TPSA) is 77.1 Å². The molecule has 0 amide bonds. The van der Waals surface area contributed by atoms with Crippen molar-refractivity contribution in [2.24, 2.45) is 0 Å². The van der Waals surface area contributed by atoms with E-state index in [2.05, 4.69) is 39.2 Å². The Balaban J connectivity index is 1.82. The van der Waals surface area contributed by atoms with E-state index in [4.69, 9.17) is 0 Å². The second-order valence-electron chi connectivity index (χ2n) is 7.79. The Morgan fingerprint density at radius 2 is 2.11 bits per heavy atom. The summed E-state index contributed by atoms with van der Waals surface area (Å²) in [5, 5.41) is 21.2. The number of benzene rings is 1. The van der Waals surface area contributed by atoms with E-state index < -0.39 is 5.82 Å². The highest BCUT2D eigenvalue weighted by Gasteiger charge is 2.30. The fourth-order valence-electron chi connectivity index (χ4n) is 3.76. The number of aromatic hydroxyl groups is 1. The lowest BCUT2D eigenvalue weighted by Crippen LogP contribution is -2.57. The van der Waals surface area contributed by atoms with Gasteiger partial charge in [-0.1, -0.05) is 0 Å². The molecule has 142 valence electrons. The number of phenols is 1. The van der Waals surface area contributed by atoms with Crippen LogP contribution in [0.15, 0.2) is 24.3 Å².